The molecule has 0 bridgehead atoms. The summed E-state index contributed by atoms with van der Waals surface area (Å²) in [5, 5.41) is 11.2. The first-order valence-electron chi connectivity index (χ1n) is 13.3. The maximum atomic E-state index is 15.9. The first kappa shape index (κ1) is 30.5. The molecule has 7 N–H and O–H groups in total. The Kier molecular flexibility index (Phi) is 7.61. The van der Waals surface area contributed by atoms with E-state index in [1.54, 1.807) is 0 Å². The lowest BCUT2D eigenvalue weighted by atomic mass is 10.1. The van der Waals surface area contributed by atoms with Gasteiger partial charge in [0.05, 0.1) is 31.6 Å². The second kappa shape index (κ2) is 11.2. The molecule has 0 amide bonds. The monoisotopic (exact) mass is 673 g/mol. The number of aromatic nitrogens is 7. The number of hydrogen-bond acceptors (Lipinski definition) is 16. The van der Waals surface area contributed by atoms with Gasteiger partial charge in [0.1, 0.15) is 54.2 Å². The molecule has 0 radical (unpaired) electrons. The number of imidazole rings is 2. The number of aliphatic hydroxyl groups excluding tert-OH is 1. The second-order valence-electron chi connectivity index (χ2n) is 10.4. The van der Waals surface area contributed by atoms with Gasteiger partial charge in [0, 0.05) is 6.20 Å². The predicted molar refractivity (Wildman–Crippen MR) is 147 cm³/mol. The third kappa shape index (κ3) is 5.49. The van der Waals surface area contributed by atoms with Crippen LogP contribution >= 0.6 is 15.4 Å². The minimum absolute atomic E-state index is 0.0622. The standard InChI is InChI=1S/C22H26FN9O11P2/c23-12-16-11(40-21(12)31-6-29-13-9(24)1-2-26-19(13)31)4-39-45(36,37)43-17-10(3-38-8-44(34,35)42-16)41-22(15(17)33)32-7-30-14-18(25)27-5-28-20(14)32/h1-2,5-7,10-12,15-17,21-22,33H,3-4,8H2,(H2,24,26)(H,34,35)(H,36,37)(H2,25,27,28)/t10-,11-,12?,15?,16+,17+,21-,22-/m1/s1. The van der Waals surface area contributed by atoms with Crippen molar-refractivity contribution in [2.45, 2.75) is 49.1 Å². The highest BCUT2D eigenvalue weighted by Crippen LogP contribution is 2.52. The Balaban J connectivity index is 1.16. The van der Waals surface area contributed by atoms with Crippen LogP contribution in [0.25, 0.3) is 22.3 Å². The Morgan fingerprint density at radius 1 is 0.889 bits per heavy atom. The number of pyridine rings is 1. The molecule has 4 aromatic rings. The molecular formula is C22H26FN9O11P2. The van der Waals surface area contributed by atoms with Crippen molar-refractivity contribution in [3.8, 4) is 0 Å². The highest BCUT2D eigenvalue weighted by atomic mass is 31.2. The van der Waals surface area contributed by atoms with E-state index >= 15 is 4.39 Å². The first-order chi connectivity index (χ1) is 21.4. The fourth-order valence-corrected chi connectivity index (χ4v) is 7.44. The maximum absolute atomic E-state index is 15.9. The number of nitrogen functional groups attached to an aromatic ring is 2. The zero-order valence-corrected chi connectivity index (χ0v) is 24.6. The van der Waals surface area contributed by atoms with Crippen LogP contribution in [0, 0.1) is 0 Å². The molecule has 242 valence electrons. The minimum Gasteiger partial charge on any atom is -0.397 e. The van der Waals surface area contributed by atoms with Gasteiger partial charge in [-0.05, 0) is 6.07 Å². The molecule has 10 atom stereocenters. The minimum atomic E-state index is -5.05. The van der Waals surface area contributed by atoms with Gasteiger partial charge in [-0.1, -0.05) is 0 Å². The molecule has 7 rings (SSSR count). The van der Waals surface area contributed by atoms with Crippen LogP contribution < -0.4 is 11.5 Å². The number of alkyl halides is 1. The van der Waals surface area contributed by atoms with Crippen molar-refractivity contribution in [1.29, 1.82) is 0 Å². The van der Waals surface area contributed by atoms with Crippen molar-refractivity contribution in [2.75, 3.05) is 31.0 Å². The SMILES string of the molecule is Nc1ncnc2c1ncn2[C@@H]1O[C@@H]2COCP(=O)(O)O[C@@H]3C(F)[C@H](n4cnc5c(N)ccnc54)O[C@@H]3COP(=O)(O)O[C@@H]2C1O. The summed E-state index contributed by atoms with van der Waals surface area (Å²) in [6.45, 7) is -1.37. The largest absolute Gasteiger partial charge is 0.472 e. The molecule has 0 spiro atoms. The molecule has 4 unspecified atom stereocenters. The predicted octanol–water partition coefficient (Wildman–Crippen LogP) is -0.0101. The maximum Gasteiger partial charge on any atom is 0.472 e. The molecule has 0 saturated carbocycles. The first-order valence-corrected chi connectivity index (χ1v) is 16.5. The molecule has 20 nitrogen and oxygen atoms in total. The molecule has 3 fully saturated rings. The Labute approximate surface area is 251 Å². The summed E-state index contributed by atoms with van der Waals surface area (Å²) in [6.07, 6.45) is -8.59. The Morgan fingerprint density at radius 3 is 2.38 bits per heavy atom. The Morgan fingerprint density at radius 2 is 1.58 bits per heavy atom. The van der Waals surface area contributed by atoms with Crippen LogP contribution in [0.3, 0.4) is 0 Å². The highest BCUT2D eigenvalue weighted by Gasteiger charge is 2.53. The van der Waals surface area contributed by atoms with Gasteiger partial charge in [-0.25, -0.2) is 33.9 Å². The van der Waals surface area contributed by atoms with Crippen LogP contribution in [-0.2, 0) is 36.9 Å². The molecule has 7 heterocycles. The number of halogens is 1. The normalized spacial score (nSPS) is 38.0. The van der Waals surface area contributed by atoms with Gasteiger partial charge in [-0.15, -0.1) is 0 Å². The Bertz CT molecular complexity index is 1850. The number of ether oxygens (including phenoxy) is 3. The molecule has 3 aliphatic rings. The molecular weight excluding hydrogens is 647 g/mol. The number of aliphatic hydroxyl groups is 1. The molecule has 4 aromatic heterocycles. The van der Waals surface area contributed by atoms with Gasteiger partial charge < -0.3 is 40.6 Å². The number of fused-ring (bicyclic) bond motifs is 4. The zero-order valence-electron chi connectivity index (χ0n) is 22.8. The van der Waals surface area contributed by atoms with E-state index in [-0.39, 0.29) is 33.8 Å². The third-order valence-electron chi connectivity index (χ3n) is 7.48. The van der Waals surface area contributed by atoms with Crippen molar-refractivity contribution >= 4 is 49.3 Å². The number of anilines is 2. The van der Waals surface area contributed by atoms with Crippen LogP contribution in [0.2, 0.25) is 0 Å². The number of nitrogens with zero attached hydrogens (tertiary/aromatic N) is 7. The van der Waals surface area contributed by atoms with Crippen molar-refractivity contribution in [3.63, 3.8) is 0 Å². The molecule has 45 heavy (non-hydrogen) atoms. The summed E-state index contributed by atoms with van der Waals surface area (Å²) in [4.78, 5) is 41.6. The number of rotatable bonds is 2. The van der Waals surface area contributed by atoms with Crippen LogP contribution in [-0.4, -0.2) is 105 Å². The van der Waals surface area contributed by atoms with E-state index in [1.165, 1.54) is 40.4 Å². The van der Waals surface area contributed by atoms with E-state index in [2.05, 4.69) is 24.9 Å². The summed E-state index contributed by atoms with van der Waals surface area (Å²) in [7, 11) is -9.75. The summed E-state index contributed by atoms with van der Waals surface area (Å²) in [5.74, 6) is 0.0622. The van der Waals surface area contributed by atoms with Gasteiger partial charge in [-0.2, -0.15) is 0 Å². The van der Waals surface area contributed by atoms with Crippen molar-refractivity contribution < 1.29 is 56.2 Å². The van der Waals surface area contributed by atoms with Gasteiger partial charge >= 0.3 is 15.4 Å². The van der Waals surface area contributed by atoms with E-state index in [0.717, 1.165) is 0 Å². The van der Waals surface area contributed by atoms with E-state index in [4.69, 9.17) is 39.2 Å². The second-order valence-corrected chi connectivity index (χ2v) is 13.6. The highest BCUT2D eigenvalue weighted by molar-refractivity contribution is 7.52. The average Bonchev–Trinajstić information content (AvgIpc) is 3.74. The summed E-state index contributed by atoms with van der Waals surface area (Å²) in [6, 6.07) is 1.50. The lowest BCUT2D eigenvalue weighted by Gasteiger charge is -2.24. The van der Waals surface area contributed by atoms with Gasteiger partial charge in [-0.3, -0.25) is 27.3 Å². The molecule has 0 aromatic carbocycles. The summed E-state index contributed by atoms with van der Waals surface area (Å²) < 4.78 is 77.3. The Hall–Kier alpha value is -3.20. The average molecular weight is 673 g/mol. The van der Waals surface area contributed by atoms with Crippen molar-refractivity contribution in [3.05, 3.63) is 31.2 Å². The van der Waals surface area contributed by atoms with Gasteiger partial charge in [0.2, 0.25) is 0 Å². The van der Waals surface area contributed by atoms with Crippen molar-refractivity contribution in [2.24, 2.45) is 0 Å². The fourth-order valence-electron chi connectivity index (χ4n) is 5.44. The lowest BCUT2D eigenvalue weighted by Crippen LogP contribution is -2.36. The number of phosphoric acid groups is 1. The van der Waals surface area contributed by atoms with Gasteiger partial charge in [0.25, 0.3) is 0 Å². The van der Waals surface area contributed by atoms with Crippen LogP contribution in [0.4, 0.5) is 15.9 Å². The van der Waals surface area contributed by atoms with E-state index in [9.17, 15) is 24.0 Å². The number of nitrogens with two attached hydrogens (primary N) is 2. The number of phosphoric ester groups is 1. The molecule has 3 saturated heterocycles. The van der Waals surface area contributed by atoms with Gasteiger partial charge in [0.15, 0.2) is 35.7 Å². The topological polar surface area (TPSA) is 277 Å². The lowest BCUT2D eigenvalue weighted by molar-refractivity contribution is -0.0620. The summed E-state index contributed by atoms with van der Waals surface area (Å²) >= 11 is 0. The van der Waals surface area contributed by atoms with Crippen LogP contribution in [0.1, 0.15) is 12.5 Å². The molecule has 3 aliphatic heterocycles. The zero-order chi connectivity index (χ0) is 31.7. The number of hydrogen-bond donors (Lipinski definition) is 5. The van der Waals surface area contributed by atoms with E-state index < -0.39 is 84.1 Å². The molecule has 23 heteroatoms. The van der Waals surface area contributed by atoms with E-state index in [1.807, 2.05) is 0 Å². The van der Waals surface area contributed by atoms with Crippen LogP contribution in [0.5, 0.6) is 0 Å². The third-order valence-corrected chi connectivity index (χ3v) is 9.55. The van der Waals surface area contributed by atoms with Crippen molar-refractivity contribution in [1.82, 2.24) is 34.1 Å². The smallest absolute Gasteiger partial charge is 0.397 e. The van der Waals surface area contributed by atoms with E-state index in [0.29, 0.717) is 0 Å². The summed E-state index contributed by atoms with van der Waals surface area (Å²) in [5.41, 5.74) is 12.8. The quantitative estimate of drug-likeness (QED) is 0.175. The fraction of sp³-hybridized carbons (Fsp3) is 0.500. The molecule has 0 aliphatic carbocycles. The van der Waals surface area contributed by atoms with Crippen LogP contribution in [0.15, 0.2) is 31.2 Å².